The average molecular weight is 1810 g/mol. The fraction of sp³-hybridized carbons (Fsp3) is 0.528. The number of para-hydroxylation sites is 2. The molecular formula is C89H127N21O18S. The zero-order chi connectivity index (χ0) is 94.7. The lowest BCUT2D eigenvalue weighted by Gasteiger charge is -2.36. The van der Waals surface area contributed by atoms with E-state index in [4.69, 9.17) is 11.5 Å². The molecule has 0 bridgehead atoms. The van der Waals surface area contributed by atoms with E-state index in [0.717, 1.165) is 21.6 Å². The maximum atomic E-state index is 15.8. The van der Waals surface area contributed by atoms with Gasteiger partial charge in [0, 0.05) is 133 Å². The average Bonchev–Trinajstić information content (AvgIpc) is 1.79. The van der Waals surface area contributed by atoms with E-state index < -0.39 is 199 Å². The number of aromatic nitrogens is 4. The van der Waals surface area contributed by atoms with E-state index in [2.05, 4.69) is 73.1 Å². The molecule has 0 spiro atoms. The SMILES string of the molecule is CCCC[C@@H](C(=O)N(C)[C@@H](CCCC)C(=O)N[C@@H](CCC(=O)O)C(=O)N[C@@H](CSCC(=O)N[C@@H](Cc1ccccc1)C(=O)N(C)[C@@H](C)C(=O)NC)C(=O)NCC(N)=O)N(C)C(=O)[C@H](Cc1c[nH]c2ccccc12)NC(=O)[C@H](CCCN)NC(=O)[C@H](Cc1c[nH]c2ccccc12)NC(=O)CN(C)C(=O)[C@H](CC(C)C)NC(=O)[C@H](Cc1cnc[nH]1)NC(=O)[C@@H]1CCCN1C(C)=O. The van der Waals surface area contributed by atoms with Crippen LogP contribution in [0.15, 0.2) is 104 Å². The molecule has 6 aromatic rings. The Morgan fingerprint density at radius 1 is 0.550 bits per heavy atom. The Balaban J connectivity index is 1.12. The number of aromatic amines is 3. The number of carboxylic acid groups (broad SMARTS) is 1. The summed E-state index contributed by atoms with van der Waals surface area (Å²) in [7, 11) is 6.89. The summed E-state index contributed by atoms with van der Waals surface area (Å²) < 4.78 is 0. The monoisotopic (exact) mass is 1810 g/mol. The number of fused-ring (bicyclic) bond motifs is 2. The van der Waals surface area contributed by atoms with Crippen molar-refractivity contribution in [1.82, 2.24) is 97.6 Å². The summed E-state index contributed by atoms with van der Waals surface area (Å²) in [5.74, 6) is -14.4. The number of likely N-dealkylation sites (N-methyl/N-ethyl adjacent to an activating group) is 5. The summed E-state index contributed by atoms with van der Waals surface area (Å²) in [6.07, 6.45) is 7.30. The molecule has 1 fully saturated rings. The minimum Gasteiger partial charge on any atom is -0.481 e. The first-order valence-corrected chi connectivity index (χ1v) is 44.8. The van der Waals surface area contributed by atoms with Gasteiger partial charge in [0.15, 0.2) is 0 Å². The number of benzene rings is 3. The summed E-state index contributed by atoms with van der Waals surface area (Å²) in [6.45, 7) is 9.27. The number of H-pyrrole nitrogens is 3. The lowest BCUT2D eigenvalue weighted by molar-refractivity contribution is -0.149. The fourth-order valence-electron chi connectivity index (χ4n) is 15.4. The number of hydrogen-bond acceptors (Lipinski definition) is 20. The predicted molar refractivity (Wildman–Crippen MR) is 483 cm³/mol. The van der Waals surface area contributed by atoms with Gasteiger partial charge in [0.05, 0.1) is 25.2 Å². The molecular weight excluding hydrogens is 1680 g/mol. The van der Waals surface area contributed by atoms with Gasteiger partial charge >= 0.3 is 5.97 Å². The van der Waals surface area contributed by atoms with Crippen molar-refractivity contribution in [3.05, 3.63) is 126 Å². The predicted octanol–water partition coefficient (Wildman–Crippen LogP) is 0.602. The number of imidazole rings is 1. The van der Waals surface area contributed by atoms with Crippen molar-refractivity contribution >= 4 is 134 Å². The number of rotatable bonds is 53. The Morgan fingerprint density at radius 2 is 1.08 bits per heavy atom. The number of hydrogen-bond donors (Lipinski definition) is 16. The highest BCUT2D eigenvalue weighted by atomic mass is 32.2. The summed E-state index contributed by atoms with van der Waals surface area (Å²) in [5, 5.41) is 38.1. The molecule has 0 aliphatic carbocycles. The van der Waals surface area contributed by atoms with Crippen LogP contribution in [0.5, 0.6) is 0 Å². The molecule has 4 heterocycles. The van der Waals surface area contributed by atoms with Crippen LogP contribution in [0.4, 0.5) is 0 Å². The number of carbonyl (C=O) groups is 17. The molecule has 39 nitrogen and oxygen atoms in total. The first-order valence-electron chi connectivity index (χ1n) is 43.6. The molecule has 0 saturated carbocycles. The first kappa shape index (κ1) is 103. The third-order valence-corrected chi connectivity index (χ3v) is 23.7. The zero-order valence-corrected chi connectivity index (χ0v) is 76.0. The van der Waals surface area contributed by atoms with E-state index in [-0.39, 0.29) is 81.9 Å². The molecule has 16 amide bonds. The van der Waals surface area contributed by atoms with Crippen molar-refractivity contribution in [3.8, 4) is 0 Å². The van der Waals surface area contributed by atoms with Crippen LogP contribution >= 0.6 is 11.8 Å². The molecule has 18 N–H and O–H groups in total. The topological polar surface area (TPSA) is 559 Å². The van der Waals surface area contributed by atoms with E-state index in [1.807, 2.05) is 52.0 Å². The van der Waals surface area contributed by atoms with Gasteiger partial charge in [0.1, 0.15) is 72.5 Å². The molecule has 1 saturated heterocycles. The number of nitrogens with zero attached hydrogens (tertiary/aromatic N) is 6. The molecule has 0 radical (unpaired) electrons. The van der Waals surface area contributed by atoms with Crippen molar-refractivity contribution in [1.29, 1.82) is 0 Å². The minimum absolute atomic E-state index is 0.0129. The standard InChI is InChI=1S/C89H127N21O18S/c1-12-14-32-71(84(123)101-64(35-36-77(115)116)81(120)105-70(79(118)96-47-74(91)112)49-129-50-76(114)99-68(40-55-25-17-16-18-26-55)87(126)107(9)53(5)78(117)92-7)108(10)89(128)73(33-15-13-2)109(11)88(127)69(42-57-45-95-62-30-22-20-28-60(57)62)104-80(119)63(31-23-37-90)100-82(121)65(41-56-44-94-61-29-21-19-27-59(56)61)98-75(113)48-106(8)86(125)67(39-52(3)4)103-83(122)66(43-58-46-93-51-97-58)102-85(124)72-34-24-38-110(72)54(6)111/h16-22,25-30,44-46,51-53,63-73,94-95H,12-15,23-24,31-43,47-50,90H2,1-11H3,(H2,91,112)(H,92,117)(H,93,97)(H,96,118)(H,98,113)(H,99,114)(H,100,121)(H,101,123)(H,102,124)(H,103,122)(H,104,119)(H,105,120)(H,115,116)/t53-,63-,64-,65-,66-,67-,68-,69-,70-,71-,72-,73-/m0/s1. The highest BCUT2D eigenvalue weighted by Crippen LogP contribution is 2.26. The van der Waals surface area contributed by atoms with Gasteiger partial charge in [-0.3, -0.25) is 81.5 Å². The molecule has 0 unspecified atom stereocenters. The molecule has 12 atom stereocenters. The molecule has 7 rings (SSSR count). The number of carboxylic acids is 1. The van der Waals surface area contributed by atoms with Crippen molar-refractivity contribution in [2.45, 2.75) is 223 Å². The van der Waals surface area contributed by atoms with Gasteiger partial charge in [-0.25, -0.2) is 4.98 Å². The highest BCUT2D eigenvalue weighted by Gasteiger charge is 2.42. The Bertz CT molecular complexity index is 4850. The second-order valence-corrected chi connectivity index (χ2v) is 33.9. The quantitative estimate of drug-likeness (QED) is 0.0249. The number of amides is 16. The Kier molecular flexibility index (Phi) is 41.1. The van der Waals surface area contributed by atoms with Crippen molar-refractivity contribution in [3.63, 3.8) is 0 Å². The summed E-state index contributed by atoms with van der Waals surface area (Å²) in [4.78, 5) is 259. The normalized spacial score (nSPS) is 15.0. The lowest BCUT2D eigenvalue weighted by Crippen LogP contribution is -2.61. The van der Waals surface area contributed by atoms with Crippen molar-refractivity contribution in [2.75, 3.05) is 72.9 Å². The molecule has 129 heavy (non-hydrogen) atoms. The summed E-state index contributed by atoms with van der Waals surface area (Å²) in [5.41, 5.74) is 15.2. The molecule has 702 valence electrons. The van der Waals surface area contributed by atoms with Crippen LogP contribution in [0.3, 0.4) is 0 Å². The van der Waals surface area contributed by atoms with Gasteiger partial charge in [0.25, 0.3) is 0 Å². The minimum atomic E-state index is -1.72. The second-order valence-electron chi connectivity index (χ2n) is 32.9. The third kappa shape index (κ3) is 31.0. The van der Waals surface area contributed by atoms with Crippen LogP contribution in [-0.4, -0.2) is 295 Å². The molecule has 3 aromatic carbocycles. The number of carbonyl (C=O) groups excluding carboxylic acids is 16. The first-order chi connectivity index (χ1) is 61.5. The van der Waals surface area contributed by atoms with Crippen molar-refractivity contribution in [2.24, 2.45) is 17.4 Å². The van der Waals surface area contributed by atoms with E-state index in [0.29, 0.717) is 89.3 Å². The van der Waals surface area contributed by atoms with Crippen LogP contribution in [0.1, 0.15) is 147 Å². The lowest BCUT2D eigenvalue weighted by atomic mass is 9.99. The van der Waals surface area contributed by atoms with Crippen LogP contribution in [0.25, 0.3) is 21.8 Å². The largest absolute Gasteiger partial charge is 0.481 e. The maximum Gasteiger partial charge on any atom is 0.303 e. The van der Waals surface area contributed by atoms with E-state index in [9.17, 15) is 62.6 Å². The van der Waals surface area contributed by atoms with Gasteiger partial charge in [-0.05, 0) is 99.6 Å². The molecule has 1 aliphatic heterocycles. The fourth-order valence-corrected chi connectivity index (χ4v) is 16.2. The number of nitrogens with one attached hydrogen (secondary N) is 13. The maximum absolute atomic E-state index is 15.8. The van der Waals surface area contributed by atoms with Crippen LogP contribution < -0.4 is 64.6 Å². The number of unbranched alkanes of at least 4 members (excludes halogenated alkanes) is 2. The Hall–Kier alpha value is -12.8. The summed E-state index contributed by atoms with van der Waals surface area (Å²) in [6, 6.07) is 7.29. The number of aliphatic carboxylic acids is 1. The zero-order valence-electron chi connectivity index (χ0n) is 75.2. The van der Waals surface area contributed by atoms with Gasteiger partial charge in [0.2, 0.25) is 94.5 Å². The number of primary amides is 1. The van der Waals surface area contributed by atoms with Crippen LogP contribution in [-0.2, 0) is 107 Å². The van der Waals surface area contributed by atoms with Gasteiger partial charge < -0.3 is 109 Å². The van der Waals surface area contributed by atoms with Gasteiger partial charge in [-0.15, -0.1) is 11.8 Å². The number of thioether (sulfide) groups is 1. The summed E-state index contributed by atoms with van der Waals surface area (Å²) >= 11 is 0.828. The Labute approximate surface area is 754 Å². The van der Waals surface area contributed by atoms with Gasteiger partial charge in [-0.2, -0.15) is 0 Å². The second kappa shape index (κ2) is 51.3. The molecule has 3 aromatic heterocycles. The van der Waals surface area contributed by atoms with Crippen LogP contribution in [0, 0.1) is 5.92 Å². The molecule has 1 aliphatic rings. The van der Waals surface area contributed by atoms with Gasteiger partial charge in [-0.1, -0.05) is 120 Å². The molecule has 40 heteroatoms. The Morgan fingerprint density at radius 3 is 1.65 bits per heavy atom. The number of likely N-dealkylation sites (tertiary alicyclic amines) is 1. The smallest absolute Gasteiger partial charge is 0.303 e. The third-order valence-electron chi connectivity index (χ3n) is 22.7. The highest BCUT2D eigenvalue weighted by molar-refractivity contribution is 8.00. The van der Waals surface area contributed by atoms with E-state index in [1.54, 1.807) is 67.0 Å². The van der Waals surface area contributed by atoms with Crippen LogP contribution in [0.2, 0.25) is 0 Å². The van der Waals surface area contributed by atoms with Crippen molar-refractivity contribution < 1.29 is 86.6 Å². The van der Waals surface area contributed by atoms with E-state index >= 15 is 24.0 Å². The number of nitrogens with two attached hydrogens (primary N) is 2. The van der Waals surface area contributed by atoms with E-state index in [1.165, 1.54) is 76.3 Å².